The Hall–Kier alpha value is -3.03. The molecule has 4 saturated carbocycles. The molecule has 7 rings (SSSR count). The number of carbonyl (C=O) groups excluding carboxylic acids is 2. The van der Waals surface area contributed by atoms with Crippen molar-refractivity contribution in [1.29, 1.82) is 0 Å². The molecule has 8 heteroatoms. The van der Waals surface area contributed by atoms with Crippen LogP contribution in [0.3, 0.4) is 0 Å². The maximum Gasteiger partial charge on any atom is 0.312 e. The van der Waals surface area contributed by atoms with E-state index in [0.29, 0.717) is 54.9 Å². The van der Waals surface area contributed by atoms with Crippen LogP contribution in [0, 0.1) is 56.7 Å². The van der Waals surface area contributed by atoms with Crippen molar-refractivity contribution in [3.63, 3.8) is 0 Å². The Morgan fingerprint density at radius 2 is 1.83 bits per heavy atom. The summed E-state index contributed by atoms with van der Waals surface area (Å²) in [5.74, 6) is 3.21. The van der Waals surface area contributed by atoms with Crippen molar-refractivity contribution in [2.75, 3.05) is 18.5 Å². The van der Waals surface area contributed by atoms with Gasteiger partial charge in [-0.1, -0.05) is 72.2 Å². The summed E-state index contributed by atoms with van der Waals surface area (Å²) in [7, 11) is 0. The Kier molecular flexibility index (Phi) is 7.79. The van der Waals surface area contributed by atoms with Gasteiger partial charge in [0.1, 0.15) is 12.4 Å². The number of benzene rings is 1. The minimum absolute atomic E-state index is 0.00189. The molecular formula is C39H55N5O3. The number of aromatic amines is 1. The van der Waals surface area contributed by atoms with Gasteiger partial charge < -0.3 is 10.1 Å². The molecule has 2 aromatic rings. The maximum atomic E-state index is 14.4. The highest BCUT2D eigenvalue weighted by Gasteiger charge is 2.69. The minimum Gasteiger partial charge on any atom is -0.463 e. The van der Waals surface area contributed by atoms with E-state index in [1.54, 1.807) is 5.57 Å². The molecule has 0 amide bonds. The molecule has 0 spiro atoms. The molecule has 1 heterocycles. The van der Waals surface area contributed by atoms with E-state index in [4.69, 9.17) is 4.74 Å². The molecule has 4 fully saturated rings. The molecule has 47 heavy (non-hydrogen) atoms. The van der Waals surface area contributed by atoms with E-state index in [2.05, 4.69) is 80.5 Å². The van der Waals surface area contributed by atoms with Crippen molar-refractivity contribution in [1.82, 2.24) is 20.6 Å². The maximum absolute atomic E-state index is 14.4. The number of anilines is 1. The van der Waals surface area contributed by atoms with Crippen LogP contribution in [0.25, 0.3) is 11.4 Å². The molecule has 5 aliphatic carbocycles. The van der Waals surface area contributed by atoms with Crippen LogP contribution in [0.2, 0.25) is 0 Å². The number of fused-ring (bicyclic) bond motifs is 7. The molecule has 0 unspecified atom stereocenters. The number of hydrogen-bond donors (Lipinski definition) is 2. The number of carbonyl (C=O) groups is 2. The van der Waals surface area contributed by atoms with Gasteiger partial charge in [0.2, 0.25) is 5.82 Å². The highest BCUT2D eigenvalue weighted by molar-refractivity contribution is 5.85. The van der Waals surface area contributed by atoms with E-state index in [-0.39, 0.29) is 33.5 Å². The number of allylic oxidation sites excluding steroid dienone is 2. The number of tetrazole rings is 1. The van der Waals surface area contributed by atoms with Crippen LogP contribution in [-0.4, -0.2) is 45.5 Å². The van der Waals surface area contributed by atoms with Gasteiger partial charge in [-0.25, -0.2) is 0 Å². The third-order valence-electron chi connectivity index (χ3n) is 15.3. The third-order valence-corrected chi connectivity index (χ3v) is 15.3. The molecule has 0 radical (unpaired) electrons. The van der Waals surface area contributed by atoms with Gasteiger partial charge in [-0.3, -0.25) is 9.59 Å². The van der Waals surface area contributed by atoms with Crippen LogP contribution in [0.5, 0.6) is 0 Å². The first-order chi connectivity index (χ1) is 22.3. The Bertz CT molecular complexity index is 1570. The summed E-state index contributed by atoms with van der Waals surface area (Å²) < 4.78 is 6.21. The lowest BCUT2D eigenvalue weighted by Gasteiger charge is -2.70. The van der Waals surface area contributed by atoms with Crippen LogP contribution in [0.4, 0.5) is 5.69 Å². The number of esters is 1. The van der Waals surface area contributed by atoms with Crippen molar-refractivity contribution < 1.29 is 14.3 Å². The first-order valence-corrected chi connectivity index (χ1v) is 18.3. The quantitative estimate of drug-likeness (QED) is 0.187. The molecule has 9 atom stereocenters. The molecule has 8 nitrogen and oxygen atoms in total. The number of ketones is 1. The summed E-state index contributed by atoms with van der Waals surface area (Å²) in [6.45, 7) is 17.8. The molecule has 5 aliphatic rings. The molecule has 0 saturated heterocycles. The van der Waals surface area contributed by atoms with Crippen molar-refractivity contribution >= 4 is 17.4 Å². The topological polar surface area (TPSA) is 110 Å². The van der Waals surface area contributed by atoms with Crippen LogP contribution >= 0.6 is 0 Å². The first kappa shape index (κ1) is 32.5. The van der Waals surface area contributed by atoms with Gasteiger partial charge in [0.05, 0.1) is 5.41 Å². The van der Waals surface area contributed by atoms with Gasteiger partial charge >= 0.3 is 5.97 Å². The average molecular weight is 642 g/mol. The smallest absolute Gasteiger partial charge is 0.312 e. The van der Waals surface area contributed by atoms with Crippen LogP contribution in [0.15, 0.2) is 35.9 Å². The monoisotopic (exact) mass is 641 g/mol. The van der Waals surface area contributed by atoms with Crippen molar-refractivity contribution in [2.24, 2.45) is 56.7 Å². The minimum atomic E-state index is -0.459. The number of nitrogens with zero attached hydrogens (tertiary/aromatic N) is 3. The highest BCUT2D eigenvalue weighted by atomic mass is 16.5. The van der Waals surface area contributed by atoms with Gasteiger partial charge in [0.15, 0.2) is 0 Å². The summed E-state index contributed by atoms with van der Waals surface area (Å²) >= 11 is 0. The summed E-state index contributed by atoms with van der Waals surface area (Å²) in [6, 6.07) is 7.88. The summed E-state index contributed by atoms with van der Waals surface area (Å²) in [6.07, 6.45) is 11.6. The number of ether oxygens (including phenoxy) is 1. The van der Waals surface area contributed by atoms with Crippen LogP contribution in [0.1, 0.15) is 106 Å². The number of H-pyrrole nitrogens is 1. The number of aromatic nitrogens is 4. The molecule has 254 valence electrons. The second-order valence-corrected chi connectivity index (χ2v) is 17.3. The Balaban J connectivity index is 1.12. The fourth-order valence-electron chi connectivity index (χ4n) is 12.2. The van der Waals surface area contributed by atoms with Crippen molar-refractivity contribution in [3.8, 4) is 11.4 Å². The molecule has 2 N–H and O–H groups in total. The zero-order valence-electron chi connectivity index (χ0n) is 29.6. The second-order valence-electron chi connectivity index (χ2n) is 17.3. The van der Waals surface area contributed by atoms with Crippen molar-refractivity contribution in [2.45, 2.75) is 106 Å². The fourth-order valence-corrected chi connectivity index (χ4v) is 12.2. The zero-order chi connectivity index (χ0) is 33.4. The van der Waals surface area contributed by atoms with Gasteiger partial charge in [-0.05, 0) is 115 Å². The largest absolute Gasteiger partial charge is 0.463 e. The zero-order valence-corrected chi connectivity index (χ0v) is 29.6. The molecule has 0 bridgehead atoms. The Morgan fingerprint density at radius 1 is 1.02 bits per heavy atom. The second kappa shape index (κ2) is 11.3. The normalized spacial score (nSPS) is 40.6. The first-order valence-electron chi connectivity index (χ1n) is 18.3. The van der Waals surface area contributed by atoms with E-state index < -0.39 is 5.41 Å². The number of nitrogens with one attached hydrogen (secondary N) is 2. The Labute approximate surface area is 280 Å². The predicted octanol–water partition coefficient (Wildman–Crippen LogP) is 8.05. The van der Waals surface area contributed by atoms with Gasteiger partial charge in [0.25, 0.3) is 0 Å². The van der Waals surface area contributed by atoms with E-state index in [1.807, 2.05) is 24.3 Å². The van der Waals surface area contributed by atoms with E-state index in [9.17, 15) is 9.59 Å². The molecule has 1 aromatic heterocycles. The SMILES string of the molecule is C[C@H]1[C@H](C)CC[C@]2(C(=O)OCCNc3cccc(-c4nn[nH]n4)c3)CC[C@]3(C)C(=CC[C@@H]4[C@@]5(C)CCC(=O)C(C)(C)[C@@H]5CC[C@]43C)[C@H]12. The number of hydrogen-bond acceptors (Lipinski definition) is 7. The van der Waals surface area contributed by atoms with Gasteiger partial charge in [0, 0.05) is 29.6 Å². The number of rotatable bonds is 6. The van der Waals surface area contributed by atoms with E-state index in [0.717, 1.165) is 62.6 Å². The predicted molar refractivity (Wildman–Crippen MR) is 183 cm³/mol. The summed E-state index contributed by atoms with van der Waals surface area (Å²) in [5, 5.41) is 17.7. The number of Topliss-reactive ketones (excluding diaryl/α,β-unsaturated/α-hetero) is 1. The average Bonchev–Trinajstić information content (AvgIpc) is 3.59. The van der Waals surface area contributed by atoms with Gasteiger partial charge in [-0.15, -0.1) is 10.2 Å². The van der Waals surface area contributed by atoms with Crippen LogP contribution in [-0.2, 0) is 14.3 Å². The van der Waals surface area contributed by atoms with Gasteiger partial charge in [-0.2, -0.15) is 5.21 Å². The van der Waals surface area contributed by atoms with E-state index in [1.165, 1.54) is 0 Å². The fraction of sp³-hybridized carbons (Fsp3) is 0.718. The molecular weight excluding hydrogens is 586 g/mol. The highest BCUT2D eigenvalue weighted by Crippen LogP contribution is 2.75. The Morgan fingerprint density at radius 3 is 2.60 bits per heavy atom. The lowest BCUT2D eigenvalue weighted by molar-refractivity contribution is -0.192. The van der Waals surface area contributed by atoms with Crippen LogP contribution < -0.4 is 5.32 Å². The van der Waals surface area contributed by atoms with Crippen molar-refractivity contribution in [3.05, 3.63) is 35.9 Å². The lowest BCUT2D eigenvalue weighted by Crippen LogP contribution is -2.65. The van der Waals surface area contributed by atoms with E-state index >= 15 is 0 Å². The molecule has 0 aliphatic heterocycles. The lowest BCUT2D eigenvalue weighted by atomic mass is 9.33. The standard InChI is InChI=1S/C39H55N5O3/c1-24-13-18-39(34(46)47-22-21-40-27-10-8-9-26(23-27)33-41-43-44-42-33)20-19-37(6)28(32(39)25(24)2)11-12-30-36(5)16-15-31(45)35(3,4)29(36)14-17-38(30,37)7/h8-11,23-25,29-30,32,40H,12-22H2,1-7H3,(H,41,42,43,44)/t24-,25+,29+,30-,32+,36+,37-,38-,39+/m1/s1. The molecule has 1 aromatic carbocycles. The summed E-state index contributed by atoms with van der Waals surface area (Å²) in [4.78, 5) is 27.5. The third kappa shape index (κ3) is 4.69. The summed E-state index contributed by atoms with van der Waals surface area (Å²) in [5.41, 5.74) is 3.00.